The molecule has 1 unspecified atom stereocenters. The van der Waals surface area contributed by atoms with Gasteiger partial charge in [-0.15, -0.1) is 0 Å². The van der Waals surface area contributed by atoms with Crippen molar-refractivity contribution in [1.82, 2.24) is 0 Å². The van der Waals surface area contributed by atoms with Gasteiger partial charge >= 0.3 is 0 Å². The number of aliphatic hydroxyl groups excluding tert-OH is 19. The lowest BCUT2D eigenvalue weighted by molar-refractivity contribution is -0.408. The van der Waals surface area contributed by atoms with Gasteiger partial charge in [-0.2, -0.15) is 0 Å². The molecule has 4 aliphatic carbocycles. The molecule has 40 atom stereocenters. The normalized spacial score (nSPS) is 54.9. The van der Waals surface area contributed by atoms with E-state index in [0.717, 1.165) is 31.3 Å². The van der Waals surface area contributed by atoms with Gasteiger partial charge in [0.2, 0.25) is 0 Å². The van der Waals surface area contributed by atoms with E-state index < -0.39 is 235 Å². The van der Waals surface area contributed by atoms with Gasteiger partial charge in [-0.1, -0.05) is 39.3 Å². The van der Waals surface area contributed by atoms with Gasteiger partial charge in [0.25, 0.3) is 0 Å². The maximum Gasteiger partial charge on any atom is 0.187 e. The molecule has 0 aromatic heterocycles. The Morgan fingerprint density at radius 2 is 1.05 bits per heavy atom. The molecule has 11 rings (SSSR count). The summed E-state index contributed by atoms with van der Waals surface area (Å²) in [5.74, 6) is -1.11. The van der Waals surface area contributed by atoms with E-state index in [9.17, 15) is 102 Å². The predicted molar refractivity (Wildman–Crippen MR) is 306 cm³/mol. The Morgan fingerprint density at radius 1 is 0.532 bits per heavy atom. The standard InChI is InChI=1S/C61H100O33/c1-21(18-82-53-46(78)42(74)39(71)32(14-62)86-53)7-10-61(81)22(2)36-31(94-61)12-26-24-6-5-23-11-30(27(66)13-60(23,4)25(24)8-9-59(26,36)3)85-56-47(79)43(75)49(35(17-65)89-56)90-58-52(51(41(73)34(16-64)88-58)92-55-45(77)38(70)29(68)20-84-55)93-57-48(80)50(40(72)33(15-63)87-57)91-54-44(76)37(69)28(67)19-83-54/h5,21-22,24-58,62-81H,6-20H2,1-4H3/t21-,22+,24-,25+,26+,27-,28-,29-,30-,31+,32-,33-,34-,35-,36+,37+,38+,39-,40-,41-,42+,43-,44-,45-,46-,47-,48-,49+,50+,51+,52-,53-,54+,55+,56-,57+,58+,59+,60+,61?/m1/s1. The van der Waals surface area contributed by atoms with Gasteiger partial charge in [-0.25, -0.2) is 0 Å². The van der Waals surface area contributed by atoms with Gasteiger partial charge in [-0.05, 0) is 85.4 Å². The second kappa shape index (κ2) is 29.4. The van der Waals surface area contributed by atoms with E-state index in [4.69, 9.17) is 61.6 Å². The number of rotatable bonds is 20. The van der Waals surface area contributed by atoms with Crippen LogP contribution in [0, 0.1) is 46.3 Å². The second-order valence-corrected chi connectivity index (χ2v) is 28.7. The molecule has 0 aromatic carbocycles. The predicted octanol–water partition coefficient (Wildman–Crippen LogP) is -8.14. The number of hydrogen-bond acceptors (Lipinski definition) is 33. The molecule has 3 saturated carbocycles. The molecule has 0 bridgehead atoms. The number of allylic oxidation sites excluding steroid dienone is 1. The summed E-state index contributed by atoms with van der Waals surface area (Å²) >= 11 is 0. The highest BCUT2D eigenvalue weighted by Crippen LogP contribution is 2.70. The first-order valence-corrected chi connectivity index (χ1v) is 33.0. The summed E-state index contributed by atoms with van der Waals surface area (Å²) in [5, 5.41) is 218. The summed E-state index contributed by atoms with van der Waals surface area (Å²) < 4.78 is 77.3. The average Bonchev–Trinajstić information content (AvgIpc) is 1.49. The van der Waals surface area contributed by atoms with E-state index in [0.29, 0.717) is 12.8 Å². The minimum atomic E-state index is -2.16. The second-order valence-electron chi connectivity index (χ2n) is 28.7. The van der Waals surface area contributed by atoms with Crippen LogP contribution >= 0.6 is 0 Å². The molecule has 94 heavy (non-hydrogen) atoms. The molecular formula is C61H100O33. The molecule has 10 fully saturated rings. The SMILES string of the molecule is C[C@H](CCC1(O)O[C@H]2C[C@H]3[C@@H]4CC=C5C[C@@H](O[C@@H]6O[C@H](CO)[C@H](O[C@@H]7O[C@H](CO)[C@@H](O)[C@H](O[C@@H]8OC[C@@H](O)[C@H](O)[C@H]8O)[C@H]7O[C@@H]7O[C@H](CO)[C@@H](O)[C@H](O[C@@H]8OC[C@@H](O)[C@H](O)[C@H]8O)[C@H]7O)[C@H](O)[C@H]6O)[C@H](O)C[C@]5(C)[C@H]4CC[C@]3(C)[C@H]2[C@@H]1C)CO[C@@H]1O[C@H](CO)[C@@H](O)[C@H](O)[C@H]1O. The first-order valence-electron chi connectivity index (χ1n) is 33.0. The Balaban J connectivity index is 0.750. The van der Waals surface area contributed by atoms with Crippen molar-refractivity contribution in [2.45, 2.75) is 275 Å². The molecule has 0 aromatic rings. The fourth-order valence-corrected chi connectivity index (χ4v) is 17.5. The van der Waals surface area contributed by atoms with Crippen LogP contribution < -0.4 is 0 Å². The number of hydrogen-bond donors (Lipinski definition) is 20. The monoisotopic (exact) mass is 1360 g/mol. The number of aliphatic hydroxyl groups is 20. The molecule has 0 amide bonds. The van der Waals surface area contributed by atoms with Crippen molar-refractivity contribution in [3.63, 3.8) is 0 Å². The number of fused-ring (bicyclic) bond motifs is 7. The van der Waals surface area contributed by atoms with E-state index in [1.165, 1.54) is 0 Å². The van der Waals surface area contributed by atoms with Gasteiger partial charge in [0, 0.05) is 12.3 Å². The fraction of sp³-hybridized carbons (Fsp3) is 0.967. The van der Waals surface area contributed by atoms with Crippen LogP contribution in [-0.4, -0.2) is 345 Å². The van der Waals surface area contributed by atoms with Crippen LogP contribution in [0.15, 0.2) is 11.6 Å². The van der Waals surface area contributed by atoms with Crippen molar-refractivity contribution in [2.75, 3.05) is 46.2 Å². The molecule has 20 N–H and O–H groups in total. The Hall–Kier alpha value is -1.58. The topological polar surface area (TPSA) is 525 Å². The zero-order valence-electron chi connectivity index (χ0n) is 52.8. The van der Waals surface area contributed by atoms with Crippen LogP contribution in [0.4, 0.5) is 0 Å². The molecule has 542 valence electrons. The van der Waals surface area contributed by atoms with Crippen molar-refractivity contribution < 1.29 is 164 Å². The minimum Gasteiger partial charge on any atom is -0.394 e. The molecule has 7 saturated heterocycles. The first-order chi connectivity index (χ1) is 44.5. The first kappa shape index (κ1) is 73.6. The summed E-state index contributed by atoms with van der Waals surface area (Å²) in [5.41, 5.74) is 0.383. The average molecular weight is 1360 g/mol. The third kappa shape index (κ3) is 13.6. The van der Waals surface area contributed by atoms with Crippen LogP contribution in [0.3, 0.4) is 0 Å². The van der Waals surface area contributed by atoms with Crippen molar-refractivity contribution >= 4 is 0 Å². The lowest BCUT2D eigenvalue weighted by Gasteiger charge is -2.59. The third-order valence-corrected chi connectivity index (χ3v) is 23.0. The Morgan fingerprint density at radius 3 is 1.68 bits per heavy atom. The lowest BCUT2D eigenvalue weighted by Crippen LogP contribution is -2.69. The van der Waals surface area contributed by atoms with Crippen LogP contribution in [-0.2, 0) is 61.6 Å². The van der Waals surface area contributed by atoms with E-state index in [2.05, 4.69) is 19.9 Å². The maximum atomic E-state index is 12.2. The molecule has 33 nitrogen and oxygen atoms in total. The highest BCUT2D eigenvalue weighted by atomic mass is 16.8. The Kier molecular flexibility index (Phi) is 23.0. The highest BCUT2D eigenvalue weighted by Gasteiger charge is 2.69. The summed E-state index contributed by atoms with van der Waals surface area (Å²) in [7, 11) is 0. The zero-order valence-corrected chi connectivity index (χ0v) is 52.8. The van der Waals surface area contributed by atoms with Crippen LogP contribution in [0.2, 0.25) is 0 Å². The quantitative estimate of drug-likeness (QED) is 0.0504. The largest absolute Gasteiger partial charge is 0.394 e. The molecule has 11 aliphatic rings. The van der Waals surface area contributed by atoms with E-state index in [1.807, 2.05) is 13.8 Å². The maximum absolute atomic E-state index is 12.2. The van der Waals surface area contributed by atoms with Crippen LogP contribution in [0.1, 0.15) is 79.1 Å². The zero-order chi connectivity index (χ0) is 67.9. The summed E-state index contributed by atoms with van der Waals surface area (Å²) in [6.07, 6.45) is -45.7. The van der Waals surface area contributed by atoms with Crippen LogP contribution in [0.25, 0.3) is 0 Å². The van der Waals surface area contributed by atoms with E-state index >= 15 is 0 Å². The van der Waals surface area contributed by atoms with Gasteiger partial charge in [0.05, 0.1) is 64.6 Å². The Bertz CT molecular complexity index is 2510. The molecule has 7 heterocycles. The van der Waals surface area contributed by atoms with Crippen molar-refractivity contribution in [3.8, 4) is 0 Å². The van der Waals surface area contributed by atoms with E-state index in [1.54, 1.807) is 0 Å². The molecule has 7 aliphatic heterocycles. The number of ether oxygens (including phenoxy) is 13. The molecule has 0 spiro atoms. The van der Waals surface area contributed by atoms with Gasteiger partial charge in [-0.3, -0.25) is 0 Å². The highest BCUT2D eigenvalue weighted by molar-refractivity contribution is 5.27. The van der Waals surface area contributed by atoms with Crippen molar-refractivity contribution in [1.29, 1.82) is 0 Å². The summed E-state index contributed by atoms with van der Waals surface area (Å²) in [6, 6.07) is 0. The Labute approximate surface area is 541 Å². The summed E-state index contributed by atoms with van der Waals surface area (Å²) in [6.45, 7) is 3.91. The van der Waals surface area contributed by atoms with Crippen LogP contribution in [0.5, 0.6) is 0 Å². The van der Waals surface area contributed by atoms with Gasteiger partial charge in [0.15, 0.2) is 43.5 Å². The lowest BCUT2D eigenvalue weighted by atomic mass is 9.46. The molecule has 33 heteroatoms. The molecule has 0 radical (unpaired) electrons. The molecular weight excluding hydrogens is 1260 g/mol. The van der Waals surface area contributed by atoms with E-state index in [-0.39, 0.29) is 66.5 Å². The smallest absolute Gasteiger partial charge is 0.187 e. The van der Waals surface area contributed by atoms with Crippen molar-refractivity contribution in [2.24, 2.45) is 46.3 Å². The third-order valence-electron chi connectivity index (χ3n) is 23.0. The minimum absolute atomic E-state index is 0.0531. The summed E-state index contributed by atoms with van der Waals surface area (Å²) in [4.78, 5) is 0. The van der Waals surface area contributed by atoms with Gasteiger partial charge < -0.3 is 164 Å². The van der Waals surface area contributed by atoms with Crippen molar-refractivity contribution in [3.05, 3.63) is 11.6 Å². The fourth-order valence-electron chi connectivity index (χ4n) is 17.5. The van der Waals surface area contributed by atoms with Gasteiger partial charge in [0.1, 0.15) is 134 Å².